The maximum absolute atomic E-state index is 12.6. The summed E-state index contributed by atoms with van der Waals surface area (Å²) in [7, 11) is 0. The van der Waals surface area contributed by atoms with Gasteiger partial charge in [-0.1, -0.05) is 0 Å². The van der Waals surface area contributed by atoms with Crippen LogP contribution in [0, 0.1) is 17.8 Å². The molecule has 0 spiro atoms. The van der Waals surface area contributed by atoms with Crippen LogP contribution in [-0.4, -0.2) is 55.2 Å². The van der Waals surface area contributed by atoms with Crippen LogP contribution in [0.5, 0.6) is 0 Å². The molecule has 2 saturated carbocycles. The summed E-state index contributed by atoms with van der Waals surface area (Å²) in [5.41, 5.74) is 6.27. The minimum atomic E-state index is 0.0445. The molecule has 5 heteroatoms. The van der Waals surface area contributed by atoms with E-state index in [-0.39, 0.29) is 23.9 Å². The van der Waals surface area contributed by atoms with Crippen molar-refractivity contribution in [3.63, 3.8) is 0 Å². The molecule has 120 valence electrons. The summed E-state index contributed by atoms with van der Waals surface area (Å²) < 4.78 is 5.39. The molecule has 3 N–H and O–H groups in total. The van der Waals surface area contributed by atoms with Gasteiger partial charge in [0.1, 0.15) is 0 Å². The Morgan fingerprint density at radius 1 is 1.24 bits per heavy atom. The van der Waals surface area contributed by atoms with Crippen LogP contribution in [0.3, 0.4) is 0 Å². The first-order chi connectivity index (χ1) is 10.1. The fourth-order valence-corrected chi connectivity index (χ4v) is 4.47. The van der Waals surface area contributed by atoms with Crippen molar-refractivity contribution < 1.29 is 9.53 Å². The minimum Gasteiger partial charge on any atom is -0.379 e. The van der Waals surface area contributed by atoms with Crippen molar-refractivity contribution in [3.8, 4) is 0 Å². The molecule has 1 heterocycles. The third-order valence-electron chi connectivity index (χ3n) is 6.00. The molecule has 1 saturated heterocycles. The third kappa shape index (κ3) is 2.96. The number of fused-ring (bicyclic) bond motifs is 2. The van der Waals surface area contributed by atoms with Crippen molar-refractivity contribution in [2.24, 2.45) is 23.5 Å². The standard InChI is InChI=1S/C16H29N3O2/c1-10(11(2)19-5-7-21-8-6-19)18-16(20)14-12-3-4-13(9-12)15(14)17/h10-15H,3-9,17H2,1-2H3,(H,18,20). The number of hydrogen-bond acceptors (Lipinski definition) is 4. The van der Waals surface area contributed by atoms with Gasteiger partial charge in [-0.2, -0.15) is 0 Å². The van der Waals surface area contributed by atoms with Crippen LogP contribution >= 0.6 is 0 Å². The molecule has 0 aromatic heterocycles. The molecule has 6 atom stereocenters. The molecule has 3 aliphatic rings. The minimum absolute atomic E-state index is 0.0445. The Hall–Kier alpha value is -0.650. The lowest BCUT2D eigenvalue weighted by Gasteiger charge is -2.37. The lowest BCUT2D eigenvalue weighted by molar-refractivity contribution is -0.128. The van der Waals surface area contributed by atoms with E-state index < -0.39 is 0 Å². The number of rotatable bonds is 4. The Labute approximate surface area is 127 Å². The molecule has 0 aromatic rings. The van der Waals surface area contributed by atoms with E-state index >= 15 is 0 Å². The van der Waals surface area contributed by atoms with Crippen molar-refractivity contribution in [2.45, 2.75) is 51.2 Å². The molecule has 2 aliphatic carbocycles. The molecular weight excluding hydrogens is 266 g/mol. The largest absolute Gasteiger partial charge is 0.379 e. The lowest BCUT2D eigenvalue weighted by atomic mass is 9.84. The van der Waals surface area contributed by atoms with Gasteiger partial charge in [0, 0.05) is 31.2 Å². The summed E-state index contributed by atoms with van der Waals surface area (Å²) in [5, 5.41) is 3.23. The van der Waals surface area contributed by atoms with Crippen LogP contribution in [0.15, 0.2) is 0 Å². The summed E-state index contributed by atoms with van der Waals surface area (Å²) in [4.78, 5) is 15.0. The highest BCUT2D eigenvalue weighted by Crippen LogP contribution is 2.47. The first kappa shape index (κ1) is 15.3. The smallest absolute Gasteiger partial charge is 0.225 e. The van der Waals surface area contributed by atoms with Gasteiger partial charge in [0.05, 0.1) is 19.1 Å². The Balaban J connectivity index is 1.54. The van der Waals surface area contributed by atoms with Crippen LogP contribution in [-0.2, 0) is 9.53 Å². The molecule has 0 aromatic carbocycles. The maximum Gasteiger partial charge on any atom is 0.225 e. The molecule has 3 rings (SSSR count). The van der Waals surface area contributed by atoms with E-state index in [0.29, 0.717) is 17.9 Å². The van der Waals surface area contributed by atoms with Crippen LogP contribution in [0.4, 0.5) is 0 Å². The molecule has 3 fully saturated rings. The zero-order valence-corrected chi connectivity index (χ0v) is 13.3. The van der Waals surface area contributed by atoms with E-state index in [2.05, 4.69) is 24.1 Å². The van der Waals surface area contributed by atoms with Crippen LogP contribution in [0.25, 0.3) is 0 Å². The Bertz CT molecular complexity index is 382. The molecule has 5 nitrogen and oxygen atoms in total. The molecule has 2 bridgehead atoms. The van der Waals surface area contributed by atoms with Gasteiger partial charge in [-0.05, 0) is 44.9 Å². The Morgan fingerprint density at radius 2 is 1.90 bits per heavy atom. The number of morpholine rings is 1. The summed E-state index contributed by atoms with van der Waals surface area (Å²) in [6.07, 6.45) is 3.56. The summed E-state index contributed by atoms with van der Waals surface area (Å²) in [5.74, 6) is 1.33. The third-order valence-corrected chi connectivity index (χ3v) is 6.00. The van der Waals surface area contributed by atoms with Gasteiger partial charge in [-0.25, -0.2) is 0 Å². The first-order valence-electron chi connectivity index (χ1n) is 8.45. The number of nitrogens with one attached hydrogen (secondary N) is 1. The Kier molecular flexibility index (Phi) is 4.52. The lowest BCUT2D eigenvalue weighted by Crippen LogP contribution is -2.55. The average molecular weight is 295 g/mol. The quantitative estimate of drug-likeness (QED) is 0.796. The second kappa shape index (κ2) is 6.23. The first-order valence-corrected chi connectivity index (χ1v) is 8.45. The van der Waals surface area contributed by atoms with Gasteiger partial charge >= 0.3 is 0 Å². The van der Waals surface area contributed by atoms with Crippen molar-refractivity contribution in [3.05, 3.63) is 0 Å². The van der Waals surface area contributed by atoms with Crippen LogP contribution in [0.2, 0.25) is 0 Å². The SMILES string of the molecule is CC(NC(=O)C1C2CCC(C2)C1N)C(C)N1CCOCC1. The Morgan fingerprint density at radius 3 is 2.52 bits per heavy atom. The van der Waals surface area contributed by atoms with Crippen molar-refractivity contribution >= 4 is 5.91 Å². The average Bonchev–Trinajstić information content (AvgIpc) is 3.08. The van der Waals surface area contributed by atoms with Crippen molar-refractivity contribution in [1.29, 1.82) is 0 Å². The van der Waals surface area contributed by atoms with Gasteiger partial charge in [0.25, 0.3) is 0 Å². The number of amides is 1. The normalized spacial score (nSPS) is 39.2. The van der Waals surface area contributed by atoms with Gasteiger partial charge in [0.2, 0.25) is 5.91 Å². The molecule has 0 radical (unpaired) electrons. The topological polar surface area (TPSA) is 67.6 Å². The summed E-state index contributed by atoms with van der Waals surface area (Å²) >= 11 is 0. The highest BCUT2D eigenvalue weighted by Gasteiger charge is 2.49. The molecular formula is C16H29N3O2. The number of hydrogen-bond donors (Lipinski definition) is 2. The van der Waals surface area contributed by atoms with Crippen LogP contribution in [0.1, 0.15) is 33.1 Å². The number of nitrogens with zero attached hydrogens (tertiary/aromatic N) is 1. The number of ether oxygens (including phenoxy) is 1. The van der Waals surface area contributed by atoms with E-state index in [1.54, 1.807) is 0 Å². The van der Waals surface area contributed by atoms with E-state index in [9.17, 15) is 4.79 Å². The summed E-state index contributed by atoms with van der Waals surface area (Å²) in [6, 6.07) is 0.573. The van der Waals surface area contributed by atoms with Crippen molar-refractivity contribution in [1.82, 2.24) is 10.2 Å². The highest BCUT2D eigenvalue weighted by molar-refractivity contribution is 5.80. The fraction of sp³-hybridized carbons (Fsp3) is 0.938. The zero-order valence-electron chi connectivity index (χ0n) is 13.3. The fourth-order valence-electron chi connectivity index (χ4n) is 4.47. The summed E-state index contributed by atoms with van der Waals surface area (Å²) in [6.45, 7) is 7.79. The molecule has 6 unspecified atom stereocenters. The predicted molar refractivity (Wildman–Crippen MR) is 81.8 cm³/mol. The van der Waals surface area contributed by atoms with Gasteiger partial charge < -0.3 is 15.8 Å². The van der Waals surface area contributed by atoms with Gasteiger partial charge in [0.15, 0.2) is 0 Å². The number of carbonyl (C=O) groups is 1. The second-order valence-electron chi connectivity index (χ2n) is 7.12. The molecule has 1 amide bonds. The number of carbonyl (C=O) groups excluding carboxylic acids is 1. The van der Waals surface area contributed by atoms with Crippen molar-refractivity contribution in [2.75, 3.05) is 26.3 Å². The molecule has 21 heavy (non-hydrogen) atoms. The highest BCUT2D eigenvalue weighted by atomic mass is 16.5. The van der Waals surface area contributed by atoms with Gasteiger partial charge in [-0.3, -0.25) is 9.69 Å². The monoisotopic (exact) mass is 295 g/mol. The van der Waals surface area contributed by atoms with E-state index in [0.717, 1.165) is 32.7 Å². The predicted octanol–water partition coefficient (Wildman–Crippen LogP) is 0.585. The van der Waals surface area contributed by atoms with Crippen LogP contribution < -0.4 is 11.1 Å². The second-order valence-corrected chi connectivity index (χ2v) is 7.12. The zero-order chi connectivity index (χ0) is 15.0. The van der Waals surface area contributed by atoms with E-state index in [4.69, 9.17) is 10.5 Å². The van der Waals surface area contributed by atoms with E-state index in [1.807, 2.05) is 0 Å². The molecule has 1 aliphatic heterocycles. The van der Waals surface area contributed by atoms with E-state index in [1.165, 1.54) is 12.8 Å². The van der Waals surface area contributed by atoms with Gasteiger partial charge in [-0.15, -0.1) is 0 Å². The number of nitrogens with two attached hydrogens (primary N) is 1. The maximum atomic E-state index is 12.6.